The maximum Gasteiger partial charge on any atom is 0.263 e. The molecule has 2 aromatic carbocycles. The quantitative estimate of drug-likeness (QED) is 0.711. The van der Waals surface area contributed by atoms with E-state index in [9.17, 15) is 18.4 Å². The van der Waals surface area contributed by atoms with Gasteiger partial charge in [-0.3, -0.25) is 9.59 Å². The number of likely N-dealkylation sites (tertiary alicyclic amines) is 1. The van der Waals surface area contributed by atoms with Crippen LogP contribution in [0.15, 0.2) is 42.5 Å². The second kappa shape index (κ2) is 7.08. The fourth-order valence-corrected chi connectivity index (χ4v) is 4.15. The average molecular weight is 386 g/mol. The molecule has 1 aliphatic heterocycles. The molecule has 0 saturated carbocycles. The number of nitrogens with one attached hydrogen (secondary N) is 1. The predicted octanol–water partition coefficient (Wildman–Crippen LogP) is 4.67. The molecule has 1 aromatic heterocycles. The molecule has 0 aliphatic carbocycles. The van der Waals surface area contributed by atoms with Crippen LogP contribution in [0.5, 0.6) is 0 Å². The standard InChI is InChI=1S/C20H16F2N2O2S/c21-15-5-3-12(10-16(15)22)19(25)23-14-4-6-17-13(9-14)11-18(27-17)20(26)24-7-1-2-8-24/h3-6,9-11H,1-2,7-8H2,(H,23,25). The van der Waals surface area contributed by atoms with Gasteiger partial charge in [0.2, 0.25) is 0 Å². The van der Waals surface area contributed by atoms with Crippen molar-refractivity contribution in [1.82, 2.24) is 4.90 Å². The summed E-state index contributed by atoms with van der Waals surface area (Å²) in [6.45, 7) is 1.59. The summed E-state index contributed by atoms with van der Waals surface area (Å²) in [6, 6.07) is 10.2. The van der Waals surface area contributed by atoms with Crippen LogP contribution in [0.25, 0.3) is 10.1 Å². The van der Waals surface area contributed by atoms with E-state index in [2.05, 4.69) is 5.32 Å². The van der Waals surface area contributed by atoms with Crippen LogP contribution in [-0.2, 0) is 0 Å². The van der Waals surface area contributed by atoms with Crippen LogP contribution in [0.3, 0.4) is 0 Å². The van der Waals surface area contributed by atoms with Crippen molar-refractivity contribution in [3.8, 4) is 0 Å². The summed E-state index contributed by atoms with van der Waals surface area (Å²) in [7, 11) is 0. The van der Waals surface area contributed by atoms with Gasteiger partial charge in [0.15, 0.2) is 11.6 Å². The first-order valence-corrected chi connectivity index (χ1v) is 9.42. The van der Waals surface area contributed by atoms with Crippen LogP contribution < -0.4 is 5.32 Å². The van der Waals surface area contributed by atoms with E-state index in [1.165, 1.54) is 17.4 Å². The fourth-order valence-electron chi connectivity index (χ4n) is 3.14. The molecule has 0 spiro atoms. The number of carbonyl (C=O) groups is 2. The van der Waals surface area contributed by atoms with E-state index in [4.69, 9.17) is 0 Å². The summed E-state index contributed by atoms with van der Waals surface area (Å²) >= 11 is 1.42. The van der Waals surface area contributed by atoms with E-state index in [1.807, 2.05) is 17.0 Å². The van der Waals surface area contributed by atoms with Crippen molar-refractivity contribution >= 4 is 38.9 Å². The third-order valence-corrected chi connectivity index (χ3v) is 5.66. The van der Waals surface area contributed by atoms with Crippen molar-refractivity contribution in [3.63, 3.8) is 0 Å². The van der Waals surface area contributed by atoms with Crippen LogP contribution in [0.2, 0.25) is 0 Å². The smallest absolute Gasteiger partial charge is 0.263 e. The highest BCUT2D eigenvalue weighted by Crippen LogP contribution is 2.30. The lowest BCUT2D eigenvalue weighted by atomic mass is 10.2. The van der Waals surface area contributed by atoms with Gasteiger partial charge in [-0.15, -0.1) is 11.3 Å². The zero-order valence-electron chi connectivity index (χ0n) is 14.3. The number of carbonyl (C=O) groups excluding carboxylic acids is 2. The molecule has 2 amide bonds. The molecule has 1 fully saturated rings. The molecule has 7 heteroatoms. The zero-order valence-corrected chi connectivity index (χ0v) is 15.1. The molecule has 0 atom stereocenters. The molecule has 27 heavy (non-hydrogen) atoms. The highest BCUT2D eigenvalue weighted by molar-refractivity contribution is 7.20. The zero-order chi connectivity index (χ0) is 19.0. The third-order valence-electron chi connectivity index (χ3n) is 4.56. The second-order valence-electron chi connectivity index (χ2n) is 6.45. The van der Waals surface area contributed by atoms with Crippen molar-refractivity contribution < 1.29 is 18.4 Å². The van der Waals surface area contributed by atoms with Crippen molar-refractivity contribution in [2.24, 2.45) is 0 Å². The van der Waals surface area contributed by atoms with Crippen LogP contribution >= 0.6 is 11.3 Å². The molecule has 0 radical (unpaired) electrons. The minimum atomic E-state index is -1.07. The lowest BCUT2D eigenvalue weighted by molar-refractivity contribution is 0.0797. The highest BCUT2D eigenvalue weighted by Gasteiger charge is 2.21. The fraction of sp³-hybridized carbons (Fsp3) is 0.200. The Morgan fingerprint density at radius 1 is 0.963 bits per heavy atom. The lowest BCUT2D eigenvalue weighted by Gasteiger charge is -2.13. The minimum Gasteiger partial charge on any atom is -0.338 e. The number of thiophene rings is 1. The first-order chi connectivity index (χ1) is 13.0. The lowest BCUT2D eigenvalue weighted by Crippen LogP contribution is -2.26. The topological polar surface area (TPSA) is 49.4 Å². The molecule has 1 N–H and O–H groups in total. The number of fused-ring (bicyclic) bond motifs is 1. The summed E-state index contributed by atoms with van der Waals surface area (Å²) in [4.78, 5) is 27.3. The highest BCUT2D eigenvalue weighted by atomic mass is 32.1. The van der Waals surface area contributed by atoms with E-state index < -0.39 is 17.5 Å². The Balaban J connectivity index is 1.55. The van der Waals surface area contributed by atoms with Gasteiger partial charge in [0.05, 0.1) is 4.88 Å². The normalized spacial score (nSPS) is 13.9. The van der Waals surface area contributed by atoms with Crippen LogP contribution in [0.1, 0.15) is 32.9 Å². The SMILES string of the molecule is O=C(Nc1ccc2sc(C(=O)N3CCCC3)cc2c1)c1ccc(F)c(F)c1. The molecule has 3 aromatic rings. The molecule has 1 saturated heterocycles. The van der Waals surface area contributed by atoms with Gasteiger partial charge in [-0.25, -0.2) is 8.78 Å². The largest absolute Gasteiger partial charge is 0.338 e. The minimum absolute atomic E-state index is 0.0317. The summed E-state index contributed by atoms with van der Waals surface area (Å²) in [5, 5.41) is 3.52. The molecule has 0 unspecified atom stereocenters. The Kier molecular flexibility index (Phi) is 4.61. The number of benzene rings is 2. The van der Waals surface area contributed by atoms with Gasteiger partial charge in [-0.1, -0.05) is 0 Å². The van der Waals surface area contributed by atoms with Gasteiger partial charge in [0.1, 0.15) is 0 Å². The molecule has 0 bridgehead atoms. The Hall–Kier alpha value is -2.80. The Morgan fingerprint density at radius 3 is 2.48 bits per heavy atom. The summed E-state index contributed by atoms with van der Waals surface area (Å²) in [5.74, 6) is -2.56. The van der Waals surface area contributed by atoms with Crippen LogP contribution in [-0.4, -0.2) is 29.8 Å². The average Bonchev–Trinajstić information content (AvgIpc) is 3.32. The number of halogens is 2. The third kappa shape index (κ3) is 3.55. The number of amides is 2. The van der Waals surface area contributed by atoms with Gasteiger partial charge in [-0.2, -0.15) is 0 Å². The first-order valence-electron chi connectivity index (χ1n) is 8.60. The molecule has 138 valence electrons. The Labute approximate surface area is 158 Å². The second-order valence-corrected chi connectivity index (χ2v) is 7.53. The predicted molar refractivity (Wildman–Crippen MR) is 101 cm³/mol. The van der Waals surface area contributed by atoms with Gasteiger partial charge in [0.25, 0.3) is 11.8 Å². The van der Waals surface area contributed by atoms with Crippen molar-refractivity contribution in [2.45, 2.75) is 12.8 Å². The van der Waals surface area contributed by atoms with Crippen LogP contribution in [0.4, 0.5) is 14.5 Å². The number of anilines is 1. The van der Waals surface area contributed by atoms with E-state index in [-0.39, 0.29) is 11.5 Å². The number of nitrogens with zero attached hydrogens (tertiary/aromatic N) is 1. The van der Waals surface area contributed by atoms with Crippen molar-refractivity contribution in [2.75, 3.05) is 18.4 Å². The Bertz CT molecular complexity index is 1040. The van der Waals surface area contributed by atoms with Gasteiger partial charge in [-0.05, 0) is 60.7 Å². The Morgan fingerprint density at radius 2 is 1.74 bits per heavy atom. The van der Waals surface area contributed by atoms with Crippen molar-refractivity contribution in [1.29, 1.82) is 0 Å². The summed E-state index contributed by atoms with van der Waals surface area (Å²) in [5.41, 5.74) is 0.555. The maximum atomic E-state index is 13.3. The number of rotatable bonds is 3. The van der Waals surface area contributed by atoms with E-state index in [0.29, 0.717) is 10.6 Å². The summed E-state index contributed by atoms with van der Waals surface area (Å²) in [6.07, 6.45) is 2.08. The molecule has 4 rings (SSSR count). The molecule has 2 heterocycles. The number of hydrogen-bond acceptors (Lipinski definition) is 3. The molecule has 1 aliphatic rings. The molecular weight excluding hydrogens is 370 g/mol. The monoisotopic (exact) mass is 386 g/mol. The molecular formula is C20H16F2N2O2S. The maximum absolute atomic E-state index is 13.3. The van der Waals surface area contributed by atoms with E-state index in [0.717, 1.165) is 48.2 Å². The number of hydrogen-bond donors (Lipinski definition) is 1. The summed E-state index contributed by atoms with van der Waals surface area (Å²) < 4.78 is 27.3. The van der Waals surface area contributed by atoms with Crippen molar-refractivity contribution in [3.05, 3.63) is 64.5 Å². The van der Waals surface area contributed by atoms with Gasteiger partial charge >= 0.3 is 0 Å². The molecule has 4 nitrogen and oxygen atoms in total. The van der Waals surface area contributed by atoms with Gasteiger partial charge < -0.3 is 10.2 Å². The van der Waals surface area contributed by atoms with Crippen LogP contribution in [0, 0.1) is 11.6 Å². The van der Waals surface area contributed by atoms with E-state index in [1.54, 1.807) is 12.1 Å². The van der Waals surface area contributed by atoms with Gasteiger partial charge in [0, 0.05) is 29.0 Å². The van der Waals surface area contributed by atoms with E-state index >= 15 is 0 Å². The first kappa shape index (κ1) is 17.6.